The summed E-state index contributed by atoms with van der Waals surface area (Å²) in [5.74, 6) is 1.50. The molecule has 2 aromatic heterocycles. The quantitative estimate of drug-likeness (QED) is 0.377. The van der Waals surface area contributed by atoms with Crippen LogP contribution in [0.2, 0.25) is 0 Å². The number of carbonyl (C=O) groups excluding carboxylic acids is 1. The van der Waals surface area contributed by atoms with Crippen molar-refractivity contribution in [1.82, 2.24) is 14.9 Å². The molecule has 8 nitrogen and oxygen atoms in total. The van der Waals surface area contributed by atoms with Crippen LogP contribution in [0.1, 0.15) is 36.1 Å². The number of hydrogen-bond donors (Lipinski definition) is 1. The summed E-state index contributed by atoms with van der Waals surface area (Å²) in [6.45, 7) is 2.83. The number of imidazole rings is 1. The van der Waals surface area contributed by atoms with E-state index in [0.717, 1.165) is 16.8 Å². The maximum Gasteiger partial charge on any atom is 0.244 e. The van der Waals surface area contributed by atoms with Gasteiger partial charge in [-0.3, -0.25) is 9.63 Å². The number of ether oxygens (including phenoxy) is 3. The topological polar surface area (TPSA) is 83.3 Å². The first-order chi connectivity index (χ1) is 16.7. The summed E-state index contributed by atoms with van der Waals surface area (Å²) in [5, 5.41) is 0. The molecule has 5 rings (SSSR count). The van der Waals surface area contributed by atoms with E-state index in [-0.39, 0.29) is 25.0 Å². The van der Waals surface area contributed by atoms with E-state index in [1.807, 2.05) is 78.2 Å². The zero-order valence-electron chi connectivity index (χ0n) is 18.8. The summed E-state index contributed by atoms with van der Waals surface area (Å²) < 4.78 is 19.1. The molecule has 2 aromatic carbocycles. The normalized spacial score (nSPS) is 13.1. The largest absolute Gasteiger partial charge is 0.485 e. The van der Waals surface area contributed by atoms with Crippen LogP contribution in [-0.4, -0.2) is 28.7 Å². The van der Waals surface area contributed by atoms with Gasteiger partial charge in [0.2, 0.25) is 12.7 Å². The van der Waals surface area contributed by atoms with Crippen LogP contribution in [-0.2, 0) is 16.2 Å². The van der Waals surface area contributed by atoms with Crippen LogP contribution in [0.4, 0.5) is 0 Å². The summed E-state index contributed by atoms with van der Waals surface area (Å²) in [6.07, 6.45) is 3.88. The number of fused-ring (bicyclic) bond motifs is 2. The van der Waals surface area contributed by atoms with Crippen LogP contribution < -0.4 is 19.7 Å². The third kappa shape index (κ3) is 4.53. The lowest BCUT2D eigenvalue weighted by atomic mass is 9.92. The second-order valence-electron chi connectivity index (χ2n) is 7.85. The van der Waals surface area contributed by atoms with E-state index in [1.54, 1.807) is 6.20 Å². The molecule has 1 aliphatic rings. The lowest BCUT2D eigenvalue weighted by Crippen LogP contribution is -2.26. The first-order valence-corrected chi connectivity index (χ1v) is 11.2. The molecule has 1 unspecified atom stereocenters. The standard InChI is InChI=1S/C26H25N3O5/c1-2-34-28-25(30)14-20(19-10-11-22-24(13-19)33-17-32-22)21-15-27-26-23(9-6-12-29(21)26)31-16-18-7-4-3-5-8-18/h3-13,15,20H,2,14,16-17H2,1H3,(H,28,30). The fraction of sp³-hybridized carbons (Fsp3) is 0.231. The van der Waals surface area contributed by atoms with Crippen molar-refractivity contribution in [3.8, 4) is 17.2 Å². The Balaban J connectivity index is 1.48. The summed E-state index contributed by atoms with van der Waals surface area (Å²) in [7, 11) is 0. The van der Waals surface area contributed by atoms with Crippen molar-refractivity contribution >= 4 is 11.6 Å². The number of aromatic nitrogens is 2. The predicted octanol–water partition coefficient (Wildman–Crippen LogP) is 4.23. The molecule has 0 saturated heterocycles. The number of amides is 1. The molecule has 1 aliphatic heterocycles. The van der Waals surface area contributed by atoms with Crippen LogP contribution >= 0.6 is 0 Å². The molecule has 0 fully saturated rings. The van der Waals surface area contributed by atoms with Crippen molar-refractivity contribution in [1.29, 1.82) is 0 Å². The van der Waals surface area contributed by atoms with Gasteiger partial charge in [-0.15, -0.1) is 0 Å². The summed E-state index contributed by atoms with van der Waals surface area (Å²) in [5.41, 5.74) is 6.01. The fourth-order valence-electron chi connectivity index (χ4n) is 4.01. The summed E-state index contributed by atoms with van der Waals surface area (Å²) in [6, 6.07) is 19.5. The molecule has 0 radical (unpaired) electrons. The Labute approximate surface area is 197 Å². The molecule has 34 heavy (non-hydrogen) atoms. The lowest BCUT2D eigenvalue weighted by molar-refractivity contribution is -0.133. The van der Waals surface area contributed by atoms with Crippen LogP contribution in [0, 0.1) is 0 Å². The van der Waals surface area contributed by atoms with Gasteiger partial charge >= 0.3 is 0 Å². The first-order valence-electron chi connectivity index (χ1n) is 11.2. The average molecular weight is 460 g/mol. The van der Waals surface area contributed by atoms with Crippen LogP contribution in [0.25, 0.3) is 5.65 Å². The zero-order chi connectivity index (χ0) is 23.3. The maximum absolute atomic E-state index is 12.6. The van der Waals surface area contributed by atoms with Gasteiger partial charge in [-0.05, 0) is 42.3 Å². The van der Waals surface area contributed by atoms with Gasteiger partial charge in [0.25, 0.3) is 0 Å². The molecule has 0 bridgehead atoms. The smallest absolute Gasteiger partial charge is 0.244 e. The fourth-order valence-corrected chi connectivity index (χ4v) is 4.01. The monoisotopic (exact) mass is 459 g/mol. The highest BCUT2D eigenvalue weighted by Gasteiger charge is 2.25. The Bertz CT molecular complexity index is 1290. The van der Waals surface area contributed by atoms with Crippen molar-refractivity contribution in [3.05, 3.63) is 89.9 Å². The van der Waals surface area contributed by atoms with E-state index in [2.05, 4.69) is 10.5 Å². The molecular weight excluding hydrogens is 434 g/mol. The maximum atomic E-state index is 12.6. The van der Waals surface area contributed by atoms with Crippen LogP contribution in [0.3, 0.4) is 0 Å². The number of nitrogens with one attached hydrogen (secondary N) is 1. The van der Waals surface area contributed by atoms with Gasteiger partial charge in [0.15, 0.2) is 22.9 Å². The number of benzene rings is 2. The minimum absolute atomic E-state index is 0.169. The molecule has 3 heterocycles. The van der Waals surface area contributed by atoms with Crippen molar-refractivity contribution < 1.29 is 23.8 Å². The molecule has 1 amide bonds. The van der Waals surface area contributed by atoms with Gasteiger partial charge < -0.3 is 18.6 Å². The summed E-state index contributed by atoms with van der Waals surface area (Å²) in [4.78, 5) is 22.4. The Morgan fingerprint density at radius 3 is 2.82 bits per heavy atom. The van der Waals surface area contributed by atoms with Crippen LogP contribution in [0.15, 0.2) is 73.1 Å². The third-order valence-corrected chi connectivity index (χ3v) is 5.64. The van der Waals surface area contributed by atoms with E-state index in [1.165, 1.54) is 0 Å². The second-order valence-corrected chi connectivity index (χ2v) is 7.85. The molecule has 8 heteroatoms. The van der Waals surface area contributed by atoms with Gasteiger partial charge in [0.1, 0.15) is 6.61 Å². The Morgan fingerprint density at radius 2 is 1.97 bits per heavy atom. The Kier molecular flexibility index (Phi) is 6.31. The highest BCUT2D eigenvalue weighted by Crippen LogP contribution is 2.38. The first kappa shape index (κ1) is 21.8. The van der Waals surface area contributed by atoms with E-state index in [0.29, 0.717) is 36.1 Å². The molecule has 174 valence electrons. The van der Waals surface area contributed by atoms with E-state index >= 15 is 0 Å². The zero-order valence-corrected chi connectivity index (χ0v) is 18.8. The number of hydroxylamine groups is 1. The molecule has 4 aromatic rings. The molecule has 1 N–H and O–H groups in total. The predicted molar refractivity (Wildman–Crippen MR) is 125 cm³/mol. The second kappa shape index (κ2) is 9.84. The van der Waals surface area contributed by atoms with Crippen molar-refractivity contribution in [2.45, 2.75) is 25.9 Å². The van der Waals surface area contributed by atoms with E-state index in [4.69, 9.17) is 19.0 Å². The highest BCUT2D eigenvalue weighted by atomic mass is 16.7. The van der Waals surface area contributed by atoms with Gasteiger partial charge in [-0.1, -0.05) is 36.4 Å². The molecule has 0 aliphatic carbocycles. The Morgan fingerprint density at radius 1 is 1.12 bits per heavy atom. The van der Waals surface area contributed by atoms with Gasteiger partial charge in [0, 0.05) is 24.7 Å². The highest BCUT2D eigenvalue weighted by molar-refractivity contribution is 5.76. The minimum atomic E-state index is -0.297. The van der Waals surface area contributed by atoms with Gasteiger partial charge in [-0.2, -0.15) is 0 Å². The van der Waals surface area contributed by atoms with Crippen molar-refractivity contribution in [2.75, 3.05) is 13.4 Å². The Hall–Kier alpha value is -4.04. The minimum Gasteiger partial charge on any atom is -0.485 e. The SMILES string of the molecule is CCONC(=O)CC(c1ccc2c(c1)OCO2)c1cnc2c(OCc3ccccc3)cccn12. The van der Waals surface area contributed by atoms with Gasteiger partial charge in [-0.25, -0.2) is 10.5 Å². The molecule has 1 atom stereocenters. The number of pyridine rings is 1. The molecule has 0 spiro atoms. The average Bonchev–Trinajstić information content (AvgIpc) is 3.52. The van der Waals surface area contributed by atoms with Gasteiger partial charge in [0.05, 0.1) is 12.3 Å². The third-order valence-electron chi connectivity index (χ3n) is 5.64. The van der Waals surface area contributed by atoms with Crippen molar-refractivity contribution in [2.24, 2.45) is 0 Å². The number of nitrogens with zero attached hydrogens (tertiary/aromatic N) is 2. The van der Waals surface area contributed by atoms with Crippen LogP contribution in [0.5, 0.6) is 17.2 Å². The lowest BCUT2D eigenvalue weighted by Gasteiger charge is -2.18. The number of carbonyl (C=O) groups is 1. The number of hydrogen-bond acceptors (Lipinski definition) is 6. The van der Waals surface area contributed by atoms with Crippen molar-refractivity contribution in [3.63, 3.8) is 0 Å². The van der Waals surface area contributed by atoms with E-state index < -0.39 is 0 Å². The number of rotatable bonds is 9. The van der Waals surface area contributed by atoms with E-state index in [9.17, 15) is 4.79 Å². The summed E-state index contributed by atoms with van der Waals surface area (Å²) >= 11 is 0. The molecular formula is C26H25N3O5. The molecule has 0 saturated carbocycles.